The Morgan fingerprint density at radius 1 is 1.20 bits per heavy atom. The van der Waals surface area contributed by atoms with Gasteiger partial charge in [-0.2, -0.15) is 17.0 Å². The summed E-state index contributed by atoms with van der Waals surface area (Å²) in [6.45, 7) is 2.41. The fraction of sp³-hybridized carbons (Fsp3) is 0.571. The first-order chi connectivity index (χ1) is 9.51. The monoisotopic (exact) mass is 295 g/mol. The molecule has 2 saturated heterocycles. The van der Waals surface area contributed by atoms with Crippen molar-refractivity contribution >= 4 is 10.2 Å². The summed E-state index contributed by atoms with van der Waals surface area (Å²) in [5, 5.41) is 3.39. The van der Waals surface area contributed by atoms with E-state index in [1.54, 1.807) is 18.4 Å². The number of hydrogen-bond acceptors (Lipinski definition) is 3. The molecule has 20 heavy (non-hydrogen) atoms. The Morgan fingerprint density at radius 2 is 1.90 bits per heavy atom. The second-order valence-corrected chi connectivity index (χ2v) is 7.89. The predicted octanol–water partition coefficient (Wildman–Crippen LogP) is 0.685. The lowest BCUT2D eigenvalue weighted by Gasteiger charge is -2.29. The number of nitrogens with zero attached hydrogens (tertiary/aromatic N) is 2. The average Bonchev–Trinajstić information content (AvgIpc) is 2.99. The first-order valence-corrected chi connectivity index (χ1v) is 8.36. The van der Waals surface area contributed by atoms with Crippen LogP contribution in [0.25, 0.3) is 0 Å². The van der Waals surface area contributed by atoms with Gasteiger partial charge in [0, 0.05) is 27.2 Å². The molecule has 1 aromatic carbocycles. The molecule has 2 heterocycles. The van der Waals surface area contributed by atoms with Crippen LogP contribution in [0.3, 0.4) is 0 Å². The zero-order valence-corrected chi connectivity index (χ0v) is 12.7. The first-order valence-electron chi connectivity index (χ1n) is 6.97. The molecular weight excluding hydrogens is 274 g/mol. The summed E-state index contributed by atoms with van der Waals surface area (Å²) in [6.07, 6.45) is 0. The maximum Gasteiger partial charge on any atom is 0.282 e. The molecular formula is C14H21N3O2S. The molecule has 0 aromatic heterocycles. The highest BCUT2D eigenvalue weighted by Gasteiger charge is 2.49. The van der Waals surface area contributed by atoms with E-state index in [0.717, 1.165) is 18.7 Å². The minimum atomic E-state index is -3.38. The summed E-state index contributed by atoms with van der Waals surface area (Å²) >= 11 is 0. The van der Waals surface area contributed by atoms with Crippen LogP contribution in [-0.4, -0.2) is 50.8 Å². The molecule has 0 aliphatic carbocycles. The normalized spacial score (nSPS) is 30.9. The van der Waals surface area contributed by atoms with Gasteiger partial charge in [-0.1, -0.05) is 30.3 Å². The minimum absolute atomic E-state index is 0.0522. The lowest BCUT2D eigenvalue weighted by atomic mass is 9.90. The molecule has 0 unspecified atom stereocenters. The molecule has 0 saturated carbocycles. The maximum absolute atomic E-state index is 12.6. The van der Waals surface area contributed by atoms with Crippen molar-refractivity contribution in [2.24, 2.45) is 11.8 Å². The molecule has 0 radical (unpaired) electrons. The van der Waals surface area contributed by atoms with Gasteiger partial charge in [0.2, 0.25) is 0 Å². The molecule has 2 fully saturated rings. The van der Waals surface area contributed by atoms with Gasteiger partial charge in [0.05, 0.1) is 6.04 Å². The van der Waals surface area contributed by atoms with Gasteiger partial charge in [0.1, 0.15) is 0 Å². The zero-order chi connectivity index (χ0) is 14.3. The highest BCUT2D eigenvalue weighted by molar-refractivity contribution is 7.86. The number of fused-ring (bicyclic) bond motifs is 1. The first kappa shape index (κ1) is 14.0. The van der Waals surface area contributed by atoms with Crippen LogP contribution in [0.4, 0.5) is 0 Å². The second kappa shape index (κ2) is 5.11. The summed E-state index contributed by atoms with van der Waals surface area (Å²) in [6, 6.07) is 9.93. The lowest BCUT2D eigenvalue weighted by Crippen LogP contribution is -2.41. The van der Waals surface area contributed by atoms with Crippen LogP contribution >= 0.6 is 0 Å². The van der Waals surface area contributed by atoms with Crippen LogP contribution in [0.5, 0.6) is 0 Å². The van der Waals surface area contributed by atoms with Gasteiger partial charge in [0.25, 0.3) is 10.2 Å². The minimum Gasteiger partial charge on any atom is -0.316 e. The van der Waals surface area contributed by atoms with E-state index in [4.69, 9.17) is 0 Å². The van der Waals surface area contributed by atoms with Gasteiger partial charge in [-0.3, -0.25) is 0 Å². The van der Waals surface area contributed by atoms with E-state index in [1.165, 1.54) is 4.31 Å². The summed E-state index contributed by atoms with van der Waals surface area (Å²) in [5.74, 6) is 0.780. The SMILES string of the molecule is CN(C)S(=O)(=O)N1C[C@@H]2CNC[C@@H]2[C@@H]1c1ccccc1. The van der Waals surface area contributed by atoms with Crippen molar-refractivity contribution in [1.29, 1.82) is 0 Å². The van der Waals surface area contributed by atoms with Gasteiger partial charge in [-0.05, 0) is 23.9 Å². The smallest absolute Gasteiger partial charge is 0.282 e. The maximum atomic E-state index is 12.6. The van der Waals surface area contributed by atoms with Crippen LogP contribution in [0.1, 0.15) is 11.6 Å². The molecule has 1 aromatic rings. The summed E-state index contributed by atoms with van der Waals surface area (Å²) in [5.41, 5.74) is 1.09. The molecule has 0 amide bonds. The van der Waals surface area contributed by atoms with E-state index >= 15 is 0 Å². The quantitative estimate of drug-likeness (QED) is 0.892. The van der Waals surface area contributed by atoms with E-state index in [0.29, 0.717) is 18.4 Å². The van der Waals surface area contributed by atoms with Crippen LogP contribution in [0.2, 0.25) is 0 Å². The van der Waals surface area contributed by atoms with Gasteiger partial charge < -0.3 is 5.32 Å². The van der Waals surface area contributed by atoms with Crippen molar-refractivity contribution < 1.29 is 8.42 Å². The zero-order valence-electron chi connectivity index (χ0n) is 11.9. The summed E-state index contributed by atoms with van der Waals surface area (Å²) in [7, 11) is -0.175. The highest BCUT2D eigenvalue weighted by Crippen LogP contribution is 2.44. The second-order valence-electron chi connectivity index (χ2n) is 5.80. The number of benzene rings is 1. The van der Waals surface area contributed by atoms with Gasteiger partial charge in [-0.25, -0.2) is 0 Å². The van der Waals surface area contributed by atoms with Crippen molar-refractivity contribution in [3.63, 3.8) is 0 Å². The number of hydrogen-bond donors (Lipinski definition) is 1. The van der Waals surface area contributed by atoms with Gasteiger partial charge in [0.15, 0.2) is 0 Å². The summed E-state index contributed by atoms with van der Waals surface area (Å²) < 4.78 is 28.2. The van der Waals surface area contributed by atoms with E-state index < -0.39 is 10.2 Å². The predicted molar refractivity (Wildman–Crippen MR) is 78.3 cm³/mol. The van der Waals surface area contributed by atoms with Crippen molar-refractivity contribution in [3.05, 3.63) is 35.9 Å². The Morgan fingerprint density at radius 3 is 2.55 bits per heavy atom. The largest absolute Gasteiger partial charge is 0.316 e. The Balaban J connectivity index is 2.01. The molecule has 2 aliphatic rings. The van der Waals surface area contributed by atoms with Crippen LogP contribution in [0, 0.1) is 11.8 Å². The van der Waals surface area contributed by atoms with E-state index in [1.807, 2.05) is 30.3 Å². The van der Waals surface area contributed by atoms with Gasteiger partial charge in [-0.15, -0.1) is 0 Å². The van der Waals surface area contributed by atoms with E-state index in [-0.39, 0.29) is 6.04 Å². The fourth-order valence-electron chi connectivity index (χ4n) is 3.39. The lowest BCUT2D eigenvalue weighted by molar-refractivity contribution is 0.324. The average molecular weight is 295 g/mol. The van der Waals surface area contributed by atoms with E-state index in [9.17, 15) is 8.42 Å². The molecule has 3 rings (SSSR count). The topological polar surface area (TPSA) is 52.7 Å². The molecule has 0 spiro atoms. The molecule has 110 valence electrons. The third-order valence-electron chi connectivity index (χ3n) is 4.42. The Hall–Kier alpha value is -0.950. The third kappa shape index (κ3) is 2.16. The fourth-order valence-corrected chi connectivity index (χ4v) is 4.76. The molecule has 2 aliphatic heterocycles. The Labute approximate surface area is 120 Å². The number of rotatable bonds is 3. The molecule has 1 N–H and O–H groups in total. The molecule has 0 bridgehead atoms. The molecule has 5 nitrogen and oxygen atoms in total. The summed E-state index contributed by atoms with van der Waals surface area (Å²) in [4.78, 5) is 0. The van der Waals surface area contributed by atoms with Crippen molar-refractivity contribution in [2.75, 3.05) is 33.7 Å². The Kier molecular flexibility index (Phi) is 3.58. The van der Waals surface area contributed by atoms with E-state index in [2.05, 4.69) is 5.32 Å². The van der Waals surface area contributed by atoms with Crippen molar-refractivity contribution in [3.8, 4) is 0 Å². The van der Waals surface area contributed by atoms with Gasteiger partial charge >= 0.3 is 0 Å². The molecule has 3 atom stereocenters. The van der Waals surface area contributed by atoms with Crippen molar-refractivity contribution in [1.82, 2.24) is 13.9 Å². The Bertz CT molecular complexity index is 573. The number of nitrogens with one attached hydrogen (secondary N) is 1. The molecule has 6 heteroatoms. The van der Waals surface area contributed by atoms with Crippen LogP contribution in [-0.2, 0) is 10.2 Å². The van der Waals surface area contributed by atoms with Crippen molar-refractivity contribution in [2.45, 2.75) is 6.04 Å². The highest BCUT2D eigenvalue weighted by atomic mass is 32.2. The van der Waals surface area contributed by atoms with Crippen LogP contribution in [0.15, 0.2) is 30.3 Å². The standard InChI is InChI=1S/C14H21N3O2S/c1-16(2)20(18,19)17-10-12-8-15-9-13(12)14(17)11-6-4-3-5-7-11/h3-7,12-15H,8-10H2,1-2H3/t12-,13-,14-/m0/s1. The third-order valence-corrected chi connectivity index (χ3v) is 6.31. The van der Waals surface area contributed by atoms with Crippen LogP contribution < -0.4 is 5.32 Å².